The summed E-state index contributed by atoms with van der Waals surface area (Å²) in [6, 6.07) is 0. The van der Waals surface area contributed by atoms with Crippen LogP contribution in [0.1, 0.15) is 48.0 Å². The standard InChI is InChI=1S/C15H27N3/c1-8-10-17-12(2)15(6,7)18-11-9-13(16)14(3,4)5/h8,10-11,16-17H,2,9H2,1,3-7H3/b10-8-,16-13?,18-11-. The predicted octanol–water partition coefficient (Wildman–Crippen LogP) is 3.93. The van der Waals surface area contributed by atoms with Crippen LogP contribution in [0, 0.1) is 10.8 Å². The first-order valence-corrected chi connectivity index (χ1v) is 6.30. The summed E-state index contributed by atoms with van der Waals surface area (Å²) < 4.78 is 0. The Morgan fingerprint density at radius 1 is 1.28 bits per heavy atom. The van der Waals surface area contributed by atoms with Crippen molar-refractivity contribution in [2.24, 2.45) is 10.4 Å². The monoisotopic (exact) mass is 249 g/mol. The van der Waals surface area contributed by atoms with Gasteiger partial charge in [-0.1, -0.05) is 33.4 Å². The SMILES string of the molecule is C=C(N/C=C\C)C(C)(C)/N=C\CC(=N)C(C)(C)C. The molecule has 102 valence electrons. The molecule has 0 spiro atoms. The van der Waals surface area contributed by atoms with Crippen molar-refractivity contribution in [2.75, 3.05) is 0 Å². The van der Waals surface area contributed by atoms with Gasteiger partial charge in [0.15, 0.2) is 0 Å². The van der Waals surface area contributed by atoms with Gasteiger partial charge >= 0.3 is 0 Å². The third-order valence-corrected chi connectivity index (χ3v) is 2.78. The minimum Gasteiger partial charge on any atom is -0.364 e. The molecule has 0 unspecified atom stereocenters. The topological polar surface area (TPSA) is 48.2 Å². The number of nitrogens with one attached hydrogen (secondary N) is 2. The Bertz CT molecular complexity index is 354. The van der Waals surface area contributed by atoms with Gasteiger partial charge in [-0.15, -0.1) is 0 Å². The Hall–Kier alpha value is -1.38. The fourth-order valence-corrected chi connectivity index (χ4v) is 1.11. The first-order chi connectivity index (χ1) is 8.11. The summed E-state index contributed by atoms with van der Waals surface area (Å²) in [5.41, 5.74) is 1.09. The van der Waals surface area contributed by atoms with Gasteiger partial charge in [0.25, 0.3) is 0 Å². The van der Waals surface area contributed by atoms with Crippen molar-refractivity contribution in [3.05, 3.63) is 24.6 Å². The molecule has 0 aromatic heterocycles. The lowest BCUT2D eigenvalue weighted by Crippen LogP contribution is -2.28. The Balaban J connectivity index is 4.49. The zero-order valence-corrected chi connectivity index (χ0v) is 12.6. The van der Waals surface area contributed by atoms with Gasteiger partial charge < -0.3 is 10.7 Å². The molecule has 0 heterocycles. The molecule has 0 saturated carbocycles. The molecule has 0 aliphatic heterocycles. The molecule has 0 aliphatic rings. The van der Waals surface area contributed by atoms with Gasteiger partial charge in [0.2, 0.25) is 0 Å². The van der Waals surface area contributed by atoms with Gasteiger partial charge in [0.05, 0.1) is 5.54 Å². The lowest BCUT2D eigenvalue weighted by molar-refractivity contribution is 0.576. The van der Waals surface area contributed by atoms with Gasteiger partial charge in [-0.25, -0.2) is 0 Å². The van der Waals surface area contributed by atoms with Crippen molar-refractivity contribution in [3.8, 4) is 0 Å². The van der Waals surface area contributed by atoms with Crippen LogP contribution < -0.4 is 5.32 Å². The molecule has 18 heavy (non-hydrogen) atoms. The average Bonchev–Trinajstić information content (AvgIpc) is 2.23. The van der Waals surface area contributed by atoms with Gasteiger partial charge in [-0.2, -0.15) is 0 Å². The number of allylic oxidation sites excluding steroid dienone is 1. The van der Waals surface area contributed by atoms with E-state index < -0.39 is 0 Å². The average molecular weight is 249 g/mol. The number of hydrogen-bond donors (Lipinski definition) is 2. The van der Waals surface area contributed by atoms with Crippen molar-refractivity contribution in [3.63, 3.8) is 0 Å². The highest BCUT2D eigenvalue weighted by atomic mass is 15.0. The van der Waals surface area contributed by atoms with Crippen LogP contribution in [0.4, 0.5) is 0 Å². The molecule has 0 bridgehead atoms. The van der Waals surface area contributed by atoms with Crippen molar-refractivity contribution >= 4 is 11.9 Å². The van der Waals surface area contributed by atoms with Gasteiger partial charge in [-0.3, -0.25) is 4.99 Å². The zero-order chi connectivity index (χ0) is 14.4. The van der Waals surface area contributed by atoms with E-state index in [0.717, 1.165) is 5.70 Å². The van der Waals surface area contributed by atoms with Crippen LogP contribution in [0.15, 0.2) is 29.5 Å². The molecule has 0 aliphatic carbocycles. The van der Waals surface area contributed by atoms with Crippen LogP contribution >= 0.6 is 0 Å². The fraction of sp³-hybridized carbons (Fsp3) is 0.600. The minimum atomic E-state index is -0.363. The van der Waals surface area contributed by atoms with E-state index in [1.807, 2.05) is 60.0 Å². The Labute approximate surface area is 112 Å². The molecule has 0 saturated heterocycles. The third-order valence-electron chi connectivity index (χ3n) is 2.78. The van der Waals surface area contributed by atoms with Crippen molar-refractivity contribution < 1.29 is 0 Å². The maximum absolute atomic E-state index is 7.93. The van der Waals surface area contributed by atoms with E-state index >= 15 is 0 Å². The molecule has 3 heteroatoms. The maximum atomic E-state index is 7.93. The fourth-order valence-electron chi connectivity index (χ4n) is 1.11. The van der Waals surface area contributed by atoms with E-state index in [1.165, 1.54) is 0 Å². The maximum Gasteiger partial charge on any atom is 0.0937 e. The molecule has 0 fully saturated rings. The van der Waals surface area contributed by atoms with E-state index in [0.29, 0.717) is 12.1 Å². The Morgan fingerprint density at radius 2 is 1.83 bits per heavy atom. The second kappa shape index (κ2) is 6.53. The number of rotatable bonds is 6. The highest BCUT2D eigenvalue weighted by Gasteiger charge is 2.20. The zero-order valence-electron chi connectivity index (χ0n) is 12.6. The lowest BCUT2D eigenvalue weighted by Gasteiger charge is -2.23. The molecule has 0 radical (unpaired) electrons. The van der Waals surface area contributed by atoms with Crippen molar-refractivity contribution in [1.82, 2.24) is 5.32 Å². The Morgan fingerprint density at radius 3 is 2.28 bits per heavy atom. The Kier molecular flexibility index (Phi) is 6.02. The van der Waals surface area contributed by atoms with Crippen LogP contribution in [0.2, 0.25) is 0 Å². The van der Waals surface area contributed by atoms with Crippen molar-refractivity contribution in [2.45, 2.75) is 53.5 Å². The normalized spacial score (nSPS) is 13.2. The third kappa shape index (κ3) is 5.80. The van der Waals surface area contributed by atoms with Gasteiger partial charge in [0, 0.05) is 24.0 Å². The molecule has 0 amide bonds. The first kappa shape index (κ1) is 16.6. The quantitative estimate of drug-likeness (QED) is 0.688. The van der Waals surface area contributed by atoms with Crippen LogP contribution in [0.3, 0.4) is 0 Å². The molecular formula is C15H27N3. The minimum absolute atomic E-state index is 0.0869. The summed E-state index contributed by atoms with van der Waals surface area (Å²) >= 11 is 0. The summed E-state index contributed by atoms with van der Waals surface area (Å²) in [7, 11) is 0. The summed E-state index contributed by atoms with van der Waals surface area (Å²) in [6.45, 7) is 16.1. The molecule has 0 rings (SSSR count). The second-order valence-electron chi connectivity index (χ2n) is 5.93. The molecule has 0 aromatic rings. The number of aliphatic imine (C=N–C) groups is 1. The smallest absolute Gasteiger partial charge is 0.0937 e. The van der Waals surface area contributed by atoms with Gasteiger partial charge in [-0.05, 0) is 32.4 Å². The van der Waals surface area contributed by atoms with E-state index in [2.05, 4.69) is 16.9 Å². The van der Waals surface area contributed by atoms with Crippen molar-refractivity contribution in [1.29, 1.82) is 5.41 Å². The number of nitrogens with zero attached hydrogens (tertiary/aromatic N) is 1. The molecule has 3 nitrogen and oxygen atoms in total. The van der Waals surface area contributed by atoms with Crippen LogP contribution in [0.5, 0.6) is 0 Å². The molecular weight excluding hydrogens is 222 g/mol. The lowest BCUT2D eigenvalue weighted by atomic mass is 9.88. The number of hydrogen-bond acceptors (Lipinski definition) is 3. The summed E-state index contributed by atoms with van der Waals surface area (Å²) in [4.78, 5) is 4.50. The summed E-state index contributed by atoms with van der Waals surface area (Å²) in [6.07, 6.45) is 6.16. The van der Waals surface area contributed by atoms with E-state index in [-0.39, 0.29) is 11.0 Å². The molecule has 2 N–H and O–H groups in total. The largest absolute Gasteiger partial charge is 0.364 e. The predicted molar refractivity (Wildman–Crippen MR) is 81.5 cm³/mol. The summed E-state index contributed by atoms with van der Waals surface area (Å²) in [5.74, 6) is 0. The van der Waals surface area contributed by atoms with Crippen LogP contribution in [-0.4, -0.2) is 17.5 Å². The first-order valence-electron chi connectivity index (χ1n) is 6.30. The van der Waals surface area contributed by atoms with Crippen LogP contribution in [-0.2, 0) is 0 Å². The highest BCUT2D eigenvalue weighted by molar-refractivity contribution is 5.96. The van der Waals surface area contributed by atoms with Gasteiger partial charge in [0.1, 0.15) is 0 Å². The van der Waals surface area contributed by atoms with E-state index in [9.17, 15) is 0 Å². The molecule has 0 aromatic carbocycles. The van der Waals surface area contributed by atoms with E-state index in [1.54, 1.807) is 0 Å². The van der Waals surface area contributed by atoms with E-state index in [4.69, 9.17) is 5.41 Å². The summed E-state index contributed by atoms with van der Waals surface area (Å²) in [5, 5.41) is 11.0. The highest BCUT2D eigenvalue weighted by Crippen LogP contribution is 2.19. The second-order valence-corrected chi connectivity index (χ2v) is 5.93. The van der Waals surface area contributed by atoms with Crippen LogP contribution in [0.25, 0.3) is 0 Å². The molecule has 0 atom stereocenters.